The minimum atomic E-state index is -0.437. The highest BCUT2D eigenvalue weighted by Crippen LogP contribution is 2.50. The van der Waals surface area contributed by atoms with Crippen LogP contribution in [0.5, 0.6) is 0 Å². The quantitative estimate of drug-likeness (QED) is 0.792. The van der Waals surface area contributed by atoms with Gasteiger partial charge in [-0.05, 0) is 35.7 Å². The molecule has 114 valence electrons. The summed E-state index contributed by atoms with van der Waals surface area (Å²) in [4.78, 5) is 15.5. The number of hydrogen-bond acceptors (Lipinski definition) is 1. The van der Waals surface area contributed by atoms with E-state index < -0.39 is 5.54 Å². The maximum Gasteiger partial charge on any atom is 0.258 e. The molecule has 1 aliphatic carbocycles. The standard InChI is InChI=1S/C19H15ClN2O/c1-21-19(8-3-9-19)14-4-2-5-15(20)18(14)12-6-7-16-13(10-12)11-17(23)22-16/h2,4-7,10H,3,8-9,11H2,(H,22,23). The number of carbonyl (C=O) groups is 1. The Morgan fingerprint density at radius 1 is 1.22 bits per heavy atom. The molecule has 1 amide bonds. The molecule has 2 aliphatic rings. The largest absolute Gasteiger partial charge is 0.326 e. The van der Waals surface area contributed by atoms with Crippen molar-refractivity contribution in [3.63, 3.8) is 0 Å². The number of anilines is 1. The Hall–Kier alpha value is -2.31. The zero-order valence-electron chi connectivity index (χ0n) is 12.5. The van der Waals surface area contributed by atoms with Crippen LogP contribution in [0.1, 0.15) is 30.4 Å². The predicted octanol–water partition coefficient (Wildman–Crippen LogP) is 4.80. The lowest BCUT2D eigenvalue weighted by molar-refractivity contribution is -0.115. The zero-order valence-corrected chi connectivity index (χ0v) is 13.3. The molecule has 0 bridgehead atoms. The molecule has 4 rings (SSSR count). The van der Waals surface area contributed by atoms with Gasteiger partial charge in [0.15, 0.2) is 0 Å². The molecule has 1 N–H and O–H groups in total. The van der Waals surface area contributed by atoms with Gasteiger partial charge in [-0.1, -0.05) is 29.8 Å². The fourth-order valence-corrected chi connectivity index (χ4v) is 3.83. The van der Waals surface area contributed by atoms with Gasteiger partial charge in [0, 0.05) is 34.7 Å². The van der Waals surface area contributed by atoms with Crippen LogP contribution in [-0.4, -0.2) is 5.91 Å². The van der Waals surface area contributed by atoms with E-state index in [0.717, 1.165) is 47.2 Å². The Labute approximate surface area is 140 Å². The van der Waals surface area contributed by atoms with Crippen LogP contribution < -0.4 is 5.32 Å². The van der Waals surface area contributed by atoms with Crippen molar-refractivity contribution < 1.29 is 4.79 Å². The van der Waals surface area contributed by atoms with E-state index in [1.807, 2.05) is 36.4 Å². The lowest BCUT2D eigenvalue weighted by atomic mass is 9.70. The Bertz CT molecular complexity index is 862. The minimum absolute atomic E-state index is 0.0214. The van der Waals surface area contributed by atoms with E-state index in [4.69, 9.17) is 18.2 Å². The molecule has 0 radical (unpaired) electrons. The van der Waals surface area contributed by atoms with Gasteiger partial charge < -0.3 is 10.2 Å². The van der Waals surface area contributed by atoms with Crippen LogP contribution in [0.4, 0.5) is 5.69 Å². The molecule has 2 aromatic rings. The van der Waals surface area contributed by atoms with Gasteiger partial charge in [0.05, 0.1) is 6.42 Å². The highest BCUT2D eigenvalue weighted by molar-refractivity contribution is 6.33. The molecule has 23 heavy (non-hydrogen) atoms. The Morgan fingerprint density at radius 2 is 2.04 bits per heavy atom. The first-order valence-corrected chi connectivity index (χ1v) is 8.11. The second kappa shape index (κ2) is 5.11. The summed E-state index contributed by atoms with van der Waals surface area (Å²) in [6.45, 7) is 7.65. The van der Waals surface area contributed by atoms with Crippen molar-refractivity contribution >= 4 is 23.2 Å². The number of nitrogens with one attached hydrogen (secondary N) is 1. The van der Waals surface area contributed by atoms with Crippen molar-refractivity contribution in [3.05, 3.63) is 64.0 Å². The van der Waals surface area contributed by atoms with Crippen LogP contribution in [0.15, 0.2) is 36.4 Å². The first-order chi connectivity index (χ1) is 11.1. The molecular weight excluding hydrogens is 308 g/mol. The molecule has 4 heteroatoms. The van der Waals surface area contributed by atoms with Crippen molar-refractivity contribution in [2.45, 2.75) is 31.2 Å². The van der Waals surface area contributed by atoms with Gasteiger partial charge in [0.2, 0.25) is 5.91 Å². The van der Waals surface area contributed by atoms with Crippen molar-refractivity contribution in [3.8, 4) is 11.1 Å². The van der Waals surface area contributed by atoms with E-state index in [1.165, 1.54) is 0 Å². The van der Waals surface area contributed by atoms with Crippen molar-refractivity contribution in [1.82, 2.24) is 0 Å². The molecule has 0 atom stereocenters. The fourth-order valence-electron chi connectivity index (χ4n) is 3.54. The molecule has 1 aliphatic heterocycles. The molecule has 3 nitrogen and oxygen atoms in total. The van der Waals surface area contributed by atoms with Crippen LogP contribution >= 0.6 is 11.6 Å². The summed E-state index contributed by atoms with van der Waals surface area (Å²) < 4.78 is 0. The second-order valence-corrected chi connectivity index (χ2v) is 6.66. The number of nitrogens with zero attached hydrogens (tertiary/aromatic N) is 1. The molecule has 0 unspecified atom stereocenters. The second-order valence-electron chi connectivity index (χ2n) is 6.26. The number of amides is 1. The van der Waals surface area contributed by atoms with Crippen molar-refractivity contribution in [2.75, 3.05) is 5.32 Å². The summed E-state index contributed by atoms with van der Waals surface area (Å²) in [5, 5.41) is 3.51. The van der Waals surface area contributed by atoms with E-state index in [1.54, 1.807) is 0 Å². The van der Waals surface area contributed by atoms with Crippen LogP contribution in [0.2, 0.25) is 5.02 Å². The highest BCUT2D eigenvalue weighted by atomic mass is 35.5. The SMILES string of the molecule is [C-]#[N+]C1(c2cccc(Cl)c2-c2ccc3c(c2)CC(=O)N3)CCC1. The number of halogens is 1. The third kappa shape index (κ3) is 2.14. The number of carbonyl (C=O) groups excluding carboxylic acids is 1. The molecule has 1 fully saturated rings. The van der Waals surface area contributed by atoms with E-state index in [0.29, 0.717) is 11.4 Å². The monoisotopic (exact) mass is 322 g/mol. The van der Waals surface area contributed by atoms with E-state index in [2.05, 4.69) is 10.2 Å². The minimum Gasteiger partial charge on any atom is -0.326 e. The van der Waals surface area contributed by atoms with Crippen LogP contribution in [0.25, 0.3) is 16.0 Å². The van der Waals surface area contributed by atoms with E-state index in [9.17, 15) is 4.79 Å². The number of hydrogen-bond donors (Lipinski definition) is 1. The normalized spacial score (nSPS) is 17.8. The van der Waals surface area contributed by atoms with Gasteiger partial charge in [-0.3, -0.25) is 4.79 Å². The Balaban J connectivity index is 1.89. The average Bonchev–Trinajstić information content (AvgIpc) is 2.86. The van der Waals surface area contributed by atoms with Gasteiger partial charge in [-0.25, -0.2) is 6.57 Å². The number of benzene rings is 2. The maximum atomic E-state index is 11.6. The summed E-state index contributed by atoms with van der Waals surface area (Å²) in [5.74, 6) is 0.0214. The van der Waals surface area contributed by atoms with E-state index in [-0.39, 0.29) is 5.91 Å². The summed E-state index contributed by atoms with van der Waals surface area (Å²) in [6, 6.07) is 11.7. The lowest BCUT2D eigenvalue weighted by Crippen LogP contribution is -2.31. The third-order valence-corrected chi connectivity index (χ3v) is 5.24. The molecule has 1 saturated carbocycles. The van der Waals surface area contributed by atoms with Gasteiger partial charge >= 0.3 is 0 Å². The van der Waals surface area contributed by atoms with Gasteiger partial charge in [0.25, 0.3) is 5.54 Å². The van der Waals surface area contributed by atoms with Crippen molar-refractivity contribution in [1.29, 1.82) is 0 Å². The number of fused-ring (bicyclic) bond motifs is 1. The molecular formula is C19H15ClN2O. The lowest BCUT2D eigenvalue weighted by Gasteiger charge is -2.32. The predicted molar refractivity (Wildman–Crippen MR) is 91.4 cm³/mol. The topological polar surface area (TPSA) is 33.5 Å². The Kier molecular flexibility index (Phi) is 3.18. The molecule has 2 aromatic carbocycles. The average molecular weight is 323 g/mol. The smallest absolute Gasteiger partial charge is 0.258 e. The van der Waals surface area contributed by atoms with E-state index >= 15 is 0 Å². The molecule has 0 saturated heterocycles. The first kappa shape index (κ1) is 14.3. The summed E-state index contributed by atoms with van der Waals surface area (Å²) >= 11 is 6.50. The Morgan fingerprint density at radius 3 is 2.74 bits per heavy atom. The van der Waals surface area contributed by atoms with Gasteiger partial charge in [-0.15, -0.1) is 0 Å². The van der Waals surface area contributed by atoms with Gasteiger partial charge in [-0.2, -0.15) is 0 Å². The summed E-state index contributed by atoms with van der Waals surface area (Å²) in [6.07, 6.45) is 3.25. The van der Waals surface area contributed by atoms with Crippen molar-refractivity contribution in [2.24, 2.45) is 0 Å². The molecule has 0 spiro atoms. The third-order valence-electron chi connectivity index (χ3n) is 4.93. The zero-order chi connectivity index (χ0) is 16.0. The first-order valence-electron chi connectivity index (χ1n) is 7.74. The maximum absolute atomic E-state index is 11.6. The van der Waals surface area contributed by atoms with Crippen LogP contribution in [0, 0.1) is 6.57 Å². The van der Waals surface area contributed by atoms with Gasteiger partial charge in [0.1, 0.15) is 0 Å². The molecule has 0 aromatic heterocycles. The summed E-state index contributed by atoms with van der Waals surface area (Å²) in [5.41, 5.74) is 4.36. The van der Waals surface area contributed by atoms with Crippen LogP contribution in [-0.2, 0) is 16.8 Å². The summed E-state index contributed by atoms with van der Waals surface area (Å²) in [7, 11) is 0. The number of rotatable bonds is 2. The molecule has 1 heterocycles. The fraction of sp³-hybridized carbons (Fsp3) is 0.263. The highest BCUT2D eigenvalue weighted by Gasteiger charge is 2.47. The van der Waals surface area contributed by atoms with Crippen LogP contribution in [0.3, 0.4) is 0 Å².